The average molecular weight is 364 g/mol. The molecular formula is C20H33N3OS. The van der Waals surface area contributed by atoms with Gasteiger partial charge in [0.25, 0.3) is 0 Å². The van der Waals surface area contributed by atoms with Gasteiger partial charge in [-0.05, 0) is 50.4 Å². The number of carbonyl (C=O) groups is 1. The fraction of sp³-hybridized carbons (Fsp3) is 0.800. The van der Waals surface area contributed by atoms with Crippen molar-refractivity contribution in [3.63, 3.8) is 0 Å². The summed E-state index contributed by atoms with van der Waals surface area (Å²) in [5.74, 6) is 1.99. The summed E-state index contributed by atoms with van der Waals surface area (Å²) in [6.45, 7) is 5.22. The topological polar surface area (TPSA) is 45.2 Å². The summed E-state index contributed by atoms with van der Waals surface area (Å²) in [7, 11) is 0. The number of carbonyl (C=O) groups excluding carboxylic acids is 1. The van der Waals surface area contributed by atoms with Crippen molar-refractivity contribution < 1.29 is 4.79 Å². The van der Waals surface area contributed by atoms with Crippen LogP contribution in [0, 0.1) is 17.8 Å². The van der Waals surface area contributed by atoms with Gasteiger partial charge in [-0.15, -0.1) is 11.3 Å². The average Bonchev–Trinajstić information content (AvgIpc) is 3.20. The van der Waals surface area contributed by atoms with E-state index >= 15 is 0 Å². The molecule has 1 unspecified atom stereocenters. The lowest BCUT2D eigenvalue weighted by atomic mass is 9.79. The van der Waals surface area contributed by atoms with Crippen LogP contribution in [-0.4, -0.2) is 30.5 Å². The zero-order chi connectivity index (χ0) is 17.5. The molecule has 1 aliphatic heterocycles. The Balaban J connectivity index is 1.37. The maximum atomic E-state index is 12.5. The molecule has 0 radical (unpaired) electrons. The number of hydrogen-bond acceptors (Lipinski definition) is 4. The second-order valence-corrected chi connectivity index (χ2v) is 8.75. The molecule has 1 aromatic rings. The minimum absolute atomic E-state index is 0.261. The summed E-state index contributed by atoms with van der Waals surface area (Å²) in [5, 5.41) is 6.43. The van der Waals surface area contributed by atoms with Crippen LogP contribution in [0.5, 0.6) is 0 Å². The lowest BCUT2D eigenvalue weighted by Crippen LogP contribution is -2.42. The standard InChI is InChI=1S/C20H33N3OS/c1-2-3-5-16-7-9-18(10-8-16)19(24)22-14-17-6-4-12-23(15-17)20-21-11-13-25-20/h11,13,16-18H,2-10,12,14-15H2,1H3,(H,22,24). The van der Waals surface area contributed by atoms with Crippen LogP contribution < -0.4 is 10.2 Å². The Morgan fingerprint density at radius 3 is 2.84 bits per heavy atom. The number of unbranched alkanes of at least 4 members (excludes halogenated alkanes) is 1. The number of nitrogens with one attached hydrogen (secondary N) is 1. The summed E-state index contributed by atoms with van der Waals surface area (Å²) in [6, 6.07) is 0. The summed E-state index contributed by atoms with van der Waals surface area (Å²) in [4.78, 5) is 19.3. The first-order chi connectivity index (χ1) is 12.3. The van der Waals surface area contributed by atoms with Crippen LogP contribution in [0.2, 0.25) is 0 Å². The van der Waals surface area contributed by atoms with Gasteiger partial charge in [0.1, 0.15) is 0 Å². The van der Waals surface area contributed by atoms with E-state index < -0.39 is 0 Å². The molecule has 140 valence electrons. The van der Waals surface area contributed by atoms with Crippen molar-refractivity contribution >= 4 is 22.4 Å². The number of thiazole rings is 1. The number of anilines is 1. The third-order valence-corrected chi connectivity index (χ3v) is 6.79. The van der Waals surface area contributed by atoms with Gasteiger partial charge in [0.15, 0.2) is 5.13 Å². The van der Waals surface area contributed by atoms with Crippen molar-refractivity contribution in [3.05, 3.63) is 11.6 Å². The van der Waals surface area contributed by atoms with E-state index in [4.69, 9.17) is 0 Å². The van der Waals surface area contributed by atoms with Gasteiger partial charge in [-0.1, -0.05) is 26.2 Å². The number of aromatic nitrogens is 1. The van der Waals surface area contributed by atoms with Crippen LogP contribution >= 0.6 is 11.3 Å². The highest BCUT2D eigenvalue weighted by molar-refractivity contribution is 7.13. The number of rotatable bonds is 7. The first-order valence-corrected chi connectivity index (χ1v) is 11.1. The zero-order valence-electron chi connectivity index (χ0n) is 15.6. The molecule has 1 N–H and O–H groups in total. The second kappa shape index (κ2) is 9.56. The maximum absolute atomic E-state index is 12.5. The molecule has 2 aliphatic rings. The molecule has 4 nitrogen and oxygen atoms in total. The molecule has 0 bridgehead atoms. The molecule has 3 rings (SSSR count). The summed E-state index contributed by atoms with van der Waals surface area (Å²) in [5.41, 5.74) is 0. The maximum Gasteiger partial charge on any atom is 0.223 e. The Morgan fingerprint density at radius 1 is 1.28 bits per heavy atom. The SMILES string of the molecule is CCCCC1CCC(C(=O)NCC2CCCN(c3nccs3)C2)CC1. The largest absolute Gasteiger partial charge is 0.356 e. The van der Waals surface area contributed by atoms with Crippen molar-refractivity contribution in [2.75, 3.05) is 24.5 Å². The molecule has 1 amide bonds. The molecule has 1 saturated carbocycles. The highest BCUT2D eigenvalue weighted by Gasteiger charge is 2.27. The molecule has 1 saturated heterocycles. The lowest BCUT2D eigenvalue weighted by Gasteiger charge is -2.33. The summed E-state index contributed by atoms with van der Waals surface area (Å²) >= 11 is 1.71. The van der Waals surface area contributed by atoms with Gasteiger partial charge in [-0.3, -0.25) is 4.79 Å². The zero-order valence-corrected chi connectivity index (χ0v) is 16.4. The van der Waals surface area contributed by atoms with Gasteiger partial charge in [0.2, 0.25) is 5.91 Å². The third kappa shape index (κ3) is 5.44. The van der Waals surface area contributed by atoms with Crippen molar-refractivity contribution in [1.82, 2.24) is 10.3 Å². The minimum Gasteiger partial charge on any atom is -0.356 e. The Morgan fingerprint density at radius 2 is 2.12 bits per heavy atom. The van der Waals surface area contributed by atoms with E-state index in [1.165, 1.54) is 44.9 Å². The smallest absolute Gasteiger partial charge is 0.223 e. The summed E-state index contributed by atoms with van der Waals surface area (Å²) < 4.78 is 0. The lowest BCUT2D eigenvalue weighted by molar-refractivity contribution is -0.126. The van der Waals surface area contributed by atoms with Crippen LogP contribution in [0.1, 0.15) is 64.7 Å². The quantitative estimate of drug-likeness (QED) is 0.777. The molecule has 1 atom stereocenters. The van der Waals surface area contributed by atoms with E-state index in [2.05, 4.69) is 22.1 Å². The Hall–Kier alpha value is -1.10. The molecule has 1 aliphatic carbocycles. The normalized spacial score (nSPS) is 27.2. The highest BCUT2D eigenvalue weighted by Crippen LogP contribution is 2.32. The molecule has 2 fully saturated rings. The fourth-order valence-corrected chi connectivity index (χ4v) is 5.05. The Kier molecular flexibility index (Phi) is 7.14. The van der Waals surface area contributed by atoms with Crippen molar-refractivity contribution in [3.8, 4) is 0 Å². The molecule has 0 aromatic carbocycles. The van der Waals surface area contributed by atoms with Crippen LogP contribution in [0.4, 0.5) is 5.13 Å². The van der Waals surface area contributed by atoms with Crippen LogP contribution in [0.15, 0.2) is 11.6 Å². The van der Waals surface area contributed by atoms with Gasteiger partial charge in [0, 0.05) is 37.1 Å². The van der Waals surface area contributed by atoms with Crippen LogP contribution in [-0.2, 0) is 4.79 Å². The molecule has 1 aromatic heterocycles. The fourth-order valence-electron chi connectivity index (χ4n) is 4.37. The monoisotopic (exact) mass is 363 g/mol. The molecule has 2 heterocycles. The van der Waals surface area contributed by atoms with Crippen molar-refractivity contribution in [2.45, 2.75) is 64.7 Å². The number of amides is 1. The number of piperidine rings is 1. The predicted octanol–water partition coefficient (Wildman–Crippen LogP) is 4.47. The van der Waals surface area contributed by atoms with E-state index in [1.807, 2.05) is 11.6 Å². The molecule has 0 spiro atoms. The van der Waals surface area contributed by atoms with Crippen LogP contribution in [0.3, 0.4) is 0 Å². The van der Waals surface area contributed by atoms with Crippen LogP contribution in [0.25, 0.3) is 0 Å². The first-order valence-electron chi connectivity index (χ1n) is 10.2. The first kappa shape index (κ1) is 18.7. The third-order valence-electron chi connectivity index (χ3n) is 5.96. The molecule has 5 heteroatoms. The van der Waals surface area contributed by atoms with Crippen molar-refractivity contribution in [1.29, 1.82) is 0 Å². The van der Waals surface area contributed by atoms with E-state index in [9.17, 15) is 4.79 Å². The molecular weight excluding hydrogens is 330 g/mol. The van der Waals surface area contributed by atoms with Gasteiger partial charge < -0.3 is 10.2 Å². The van der Waals surface area contributed by atoms with E-state index in [0.29, 0.717) is 11.8 Å². The second-order valence-electron chi connectivity index (χ2n) is 7.87. The number of nitrogens with zero attached hydrogens (tertiary/aromatic N) is 2. The van der Waals surface area contributed by atoms with Gasteiger partial charge in [0.05, 0.1) is 0 Å². The highest BCUT2D eigenvalue weighted by atomic mass is 32.1. The van der Waals surface area contributed by atoms with Gasteiger partial charge >= 0.3 is 0 Å². The Labute approximate surface area is 156 Å². The van der Waals surface area contributed by atoms with Crippen molar-refractivity contribution in [2.24, 2.45) is 17.8 Å². The van der Waals surface area contributed by atoms with E-state index in [1.54, 1.807) is 11.3 Å². The predicted molar refractivity (Wildman–Crippen MR) is 105 cm³/mol. The van der Waals surface area contributed by atoms with E-state index in [0.717, 1.165) is 43.5 Å². The molecule has 25 heavy (non-hydrogen) atoms. The minimum atomic E-state index is 0.261. The summed E-state index contributed by atoms with van der Waals surface area (Å²) in [6.07, 6.45) is 13.0. The van der Waals surface area contributed by atoms with Gasteiger partial charge in [-0.2, -0.15) is 0 Å². The number of hydrogen-bond donors (Lipinski definition) is 1. The van der Waals surface area contributed by atoms with E-state index in [-0.39, 0.29) is 5.92 Å². The van der Waals surface area contributed by atoms with Gasteiger partial charge in [-0.25, -0.2) is 4.98 Å². The Bertz CT molecular complexity index is 511.